The Balaban J connectivity index is 1.68. The normalized spacial score (nSPS) is 13.2. The Morgan fingerprint density at radius 1 is 1.09 bits per heavy atom. The molecular formula is C23H18Cl2N2O6S2. The first-order valence-electron chi connectivity index (χ1n) is 10.1. The van der Waals surface area contributed by atoms with Crippen LogP contribution in [0.4, 0.5) is 11.4 Å². The Hall–Kier alpha value is -2.92. The molecule has 0 saturated carbocycles. The van der Waals surface area contributed by atoms with E-state index in [9.17, 15) is 18.0 Å². The topological polar surface area (TPSA) is 113 Å². The average molecular weight is 553 g/mol. The number of hydrogen-bond donors (Lipinski definition) is 2. The van der Waals surface area contributed by atoms with E-state index < -0.39 is 21.9 Å². The molecular weight excluding hydrogens is 535 g/mol. The van der Waals surface area contributed by atoms with Gasteiger partial charge in [-0.15, -0.1) is 11.8 Å². The fraction of sp³-hybridized carbons (Fsp3) is 0.130. The molecule has 12 heteroatoms. The monoisotopic (exact) mass is 552 g/mol. The Bertz CT molecular complexity index is 1450. The summed E-state index contributed by atoms with van der Waals surface area (Å²) in [5.41, 5.74) is 0.774. The number of amides is 1. The Labute approximate surface area is 215 Å². The number of carbonyl (C=O) groups excluding carboxylic acids is 1. The van der Waals surface area contributed by atoms with Gasteiger partial charge in [-0.25, -0.2) is 13.2 Å². The number of halogens is 2. The molecule has 4 rings (SSSR count). The fourth-order valence-corrected chi connectivity index (χ4v) is 6.83. The minimum atomic E-state index is -4.05. The number of sulfonamides is 1. The van der Waals surface area contributed by atoms with Crippen molar-refractivity contribution < 1.29 is 27.9 Å². The predicted octanol–water partition coefficient (Wildman–Crippen LogP) is 5.25. The summed E-state index contributed by atoms with van der Waals surface area (Å²) >= 11 is 13.5. The summed E-state index contributed by atoms with van der Waals surface area (Å²) in [5.74, 6) is -1.02. The molecule has 0 radical (unpaired) electrons. The minimum Gasteiger partial charge on any atom is -0.495 e. The van der Waals surface area contributed by atoms with Crippen molar-refractivity contribution in [1.82, 2.24) is 0 Å². The van der Waals surface area contributed by atoms with Gasteiger partial charge in [0.2, 0.25) is 0 Å². The second-order valence-electron chi connectivity index (χ2n) is 7.36. The number of thioether (sulfide) groups is 1. The van der Waals surface area contributed by atoms with Crippen molar-refractivity contribution in [2.75, 3.05) is 29.0 Å². The van der Waals surface area contributed by atoms with Crippen LogP contribution < -0.4 is 14.4 Å². The number of methoxy groups -OCH3 is 1. The molecule has 0 aliphatic carbocycles. The first-order chi connectivity index (χ1) is 16.6. The van der Waals surface area contributed by atoms with Gasteiger partial charge < -0.3 is 15.2 Å². The standard InChI is InChI=1S/C23H18Cl2N2O6S2/c1-33-19-6-3-14(24)11-21(19)35(31,32)27-8-9-34-20-7-2-13(10-18(20)27)22(28)26-15-4-5-16(23(29)30)17(25)12-15/h2-7,10-12H,8-9H2,1H3,(H,26,28)(H,29,30). The van der Waals surface area contributed by atoms with Crippen molar-refractivity contribution in [3.63, 3.8) is 0 Å². The Kier molecular flexibility index (Phi) is 7.18. The zero-order valence-electron chi connectivity index (χ0n) is 18.1. The van der Waals surface area contributed by atoms with Crippen molar-refractivity contribution in [3.05, 3.63) is 75.8 Å². The number of carboxylic acids is 1. The van der Waals surface area contributed by atoms with Crippen molar-refractivity contribution >= 4 is 68.2 Å². The molecule has 2 N–H and O–H groups in total. The molecule has 182 valence electrons. The molecule has 1 amide bonds. The fourth-order valence-electron chi connectivity index (χ4n) is 3.52. The van der Waals surface area contributed by atoms with Crippen LogP contribution in [0, 0.1) is 0 Å². The number of nitrogens with one attached hydrogen (secondary N) is 1. The highest BCUT2D eigenvalue weighted by atomic mass is 35.5. The summed E-state index contributed by atoms with van der Waals surface area (Å²) in [6, 6.07) is 13.2. The molecule has 0 fully saturated rings. The number of hydrogen-bond acceptors (Lipinski definition) is 6. The van der Waals surface area contributed by atoms with E-state index >= 15 is 0 Å². The third-order valence-corrected chi connectivity index (χ3v) is 8.62. The molecule has 1 aliphatic rings. The number of anilines is 2. The average Bonchev–Trinajstić information content (AvgIpc) is 2.83. The van der Waals surface area contributed by atoms with E-state index in [0.717, 1.165) is 0 Å². The summed E-state index contributed by atoms with van der Waals surface area (Å²) in [6.45, 7) is 0.187. The van der Waals surface area contributed by atoms with E-state index in [2.05, 4.69) is 5.32 Å². The van der Waals surface area contributed by atoms with Gasteiger partial charge in [0.1, 0.15) is 10.6 Å². The third kappa shape index (κ3) is 5.06. The van der Waals surface area contributed by atoms with Crippen molar-refractivity contribution in [3.8, 4) is 5.75 Å². The van der Waals surface area contributed by atoms with Gasteiger partial charge in [-0.3, -0.25) is 9.10 Å². The highest BCUT2D eigenvalue weighted by Gasteiger charge is 2.32. The number of nitrogens with zero attached hydrogens (tertiary/aromatic N) is 1. The smallest absolute Gasteiger partial charge is 0.337 e. The molecule has 35 heavy (non-hydrogen) atoms. The second-order valence-corrected chi connectivity index (χ2v) is 11.2. The predicted molar refractivity (Wildman–Crippen MR) is 136 cm³/mol. The van der Waals surface area contributed by atoms with Crippen LogP contribution >= 0.6 is 35.0 Å². The van der Waals surface area contributed by atoms with Gasteiger partial charge >= 0.3 is 5.97 Å². The molecule has 0 saturated heterocycles. The summed E-state index contributed by atoms with van der Waals surface area (Å²) < 4.78 is 33.7. The molecule has 0 aromatic heterocycles. The molecule has 0 spiro atoms. The lowest BCUT2D eigenvalue weighted by Crippen LogP contribution is -2.36. The molecule has 1 aliphatic heterocycles. The van der Waals surface area contributed by atoms with E-state index in [1.54, 1.807) is 12.1 Å². The maximum atomic E-state index is 13.6. The number of carboxylic acid groups (broad SMARTS) is 1. The zero-order valence-corrected chi connectivity index (χ0v) is 21.3. The van der Waals surface area contributed by atoms with Gasteiger partial charge in [-0.05, 0) is 54.6 Å². The quantitative estimate of drug-likeness (QED) is 0.429. The van der Waals surface area contributed by atoms with Crippen LogP contribution in [0.3, 0.4) is 0 Å². The van der Waals surface area contributed by atoms with E-state index in [4.69, 9.17) is 33.0 Å². The van der Waals surface area contributed by atoms with Crippen LogP contribution in [0.15, 0.2) is 64.4 Å². The summed E-state index contributed by atoms with van der Waals surface area (Å²) in [5, 5.41) is 12.0. The summed E-state index contributed by atoms with van der Waals surface area (Å²) in [7, 11) is -2.68. The number of rotatable bonds is 6. The lowest BCUT2D eigenvalue weighted by atomic mass is 10.1. The molecule has 0 unspecified atom stereocenters. The molecule has 3 aromatic carbocycles. The number of carbonyl (C=O) groups is 2. The molecule has 3 aromatic rings. The zero-order chi connectivity index (χ0) is 25.3. The van der Waals surface area contributed by atoms with Gasteiger partial charge in [-0.1, -0.05) is 23.2 Å². The lowest BCUT2D eigenvalue weighted by Gasteiger charge is -2.31. The summed E-state index contributed by atoms with van der Waals surface area (Å²) in [6.07, 6.45) is 0. The number of benzene rings is 3. The largest absolute Gasteiger partial charge is 0.495 e. The second kappa shape index (κ2) is 9.98. The van der Waals surface area contributed by atoms with Gasteiger partial charge in [0.15, 0.2) is 0 Å². The van der Waals surface area contributed by atoms with Crippen LogP contribution in [0.5, 0.6) is 5.75 Å². The molecule has 0 bridgehead atoms. The maximum Gasteiger partial charge on any atom is 0.337 e. The SMILES string of the molecule is COc1ccc(Cl)cc1S(=O)(=O)N1CCSc2ccc(C(=O)Nc3ccc(C(=O)O)c(Cl)c3)cc21. The third-order valence-electron chi connectivity index (χ3n) is 5.19. The van der Waals surface area contributed by atoms with E-state index in [1.807, 2.05) is 0 Å². The number of ether oxygens (including phenoxy) is 1. The first kappa shape index (κ1) is 25.2. The number of fused-ring (bicyclic) bond motifs is 1. The summed E-state index contributed by atoms with van der Waals surface area (Å²) in [4.78, 5) is 24.7. The van der Waals surface area contributed by atoms with Crippen LogP contribution in [-0.4, -0.2) is 44.8 Å². The van der Waals surface area contributed by atoms with E-state index in [1.165, 1.54) is 65.6 Å². The van der Waals surface area contributed by atoms with Crippen LogP contribution in [0.25, 0.3) is 0 Å². The van der Waals surface area contributed by atoms with Gasteiger partial charge in [0.05, 0.1) is 23.4 Å². The lowest BCUT2D eigenvalue weighted by molar-refractivity contribution is 0.0697. The van der Waals surface area contributed by atoms with Crippen molar-refractivity contribution in [2.45, 2.75) is 9.79 Å². The van der Waals surface area contributed by atoms with Crippen LogP contribution in [0.2, 0.25) is 10.0 Å². The highest BCUT2D eigenvalue weighted by Crippen LogP contribution is 2.40. The van der Waals surface area contributed by atoms with Gasteiger partial charge in [-0.2, -0.15) is 0 Å². The van der Waals surface area contributed by atoms with Crippen molar-refractivity contribution in [2.24, 2.45) is 0 Å². The Morgan fingerprint density at radius 2 is 1.86 bits per heavy atom. The maximum absolute atomic E-state index is 13.6. The van der Waals surface area contributed by atoms with Gasteiger partial charge in [0, 0.05) is 33.5 Å². The first-order valence-corrected chi connectivity index (χ1v) is 13.3. The molecule has 0 atom stereocenters. The minimum absolute atomic E-state index is 0.0233. The highest BCUT2D eigenvalue weighted by molar-refractivity contribution is 8.00. The number of aromatic carboxylic acids is 1. The van der Waals surface area contributed by atoms with Crippen LogP contribution in [-0.2, 0) is 10.0 Å². The molecule has 8 nitrogen and oxygen atoms in total. The van der Waals surface area contributed by atoms with Crippen molar-refractivity contribution in [1.29, 1.82) is 0 Å². The van der Waals surface area contributed by atoms with Gasteiger partial charge in [0.25, 0.3) is 15.9 Å². The van der Waals surface area contributed by atoms with E-state index in [-0.39, 0.29) is 38.4 Å². The van der Waals surface area contributed by atoms with Crippen LogP contribution in [0.1, 0.15) is 20.7 Å². The molecule has 1 heterocycles. The Morgan fingerprint density at radius 3 is 2.54 bits per heavy atom. The van der Waals surface area contributed by atoms with E-state index in [0.29, 0.717) is 22.0 Å².